The van der Waals surface area contributed by atoms with Crippen LogP contribution in [0.3, 0.4) is 0 Å². The van der Waals surface area contributed by atoms with Crippen LogP contribution in [-0.4, -0.2) is 36.2 Å². The van der Waals surface area contributed by atoms with E-state index in [1.54, 1.807) is 0 Å². The highest BCUT2D eigenvalue weighted by atomic mass is 35.5. The van der Waals surface area contributed by atoms with Crippen LogP contribution in [0.2, 0.25) is 5.02 Å². The van der Waals surface area contributed by atoms with Crippen LogP contribution in [0, 0.1) is 0 Å². The molecule has 1 heterocycles. The third-order valence-electron chi connectivity index (χ3n) is 5.17. The summed E-state index contributed by atoms with van der Waals surface area (Å²) in [5, 5.41) is 0.754. The fraction of sp³-hybridized carbons (Fsp3) is 0.588. The zero-order chi connectivity index (χ0) is 15.7. The molecule has 2 aliphatic rings. The number of benzene rings is 1. The molecule has 1 saturated heterocycles. The van der Waals surface area contributed by atoms with Crippen molar-refractivity contribution in [2.24, 2.45) is 5.73 Å². The molecule has 2 fully saturated rings. The molecule has 0 unspecified atom stereocenters. The van der Waals surface area contributed by atoms with Crippen molar-refractivity contribution in [1.29, 1.82) is 0 Å². The number of hydrogen-bond donors (Lipinski definition) is 1. The van der Waals surface area contributed by atoms with Crippen molar-refractivity contribution in [3.05, 3.63) is 34.9 Å². The van der Waals surface area contributed by atoms with Crippen molar-refractivity contribution in [2.45, 2.75) is 50.2 Å². The normalized spacial score (nSPS) is 30.7. The van der Waals surface area contributed by atoms with Gasteiger partial charge in [-0.05, 0) is 50.3 Å². The zero-order valence-corrected chi connectivity index (χ0v) is 14.9. The van der Waals surface area contributed by atoms with Gasteiger partial charge in [-0.25, -0.2) is 4.79 Å². The lowest BCUT2D eigenvalue weighted by Gasteiger charge is -2.42. The van der Waals surface area contributed by atoms with Crippen molar-refractivity contribution < 1.29 is 9.53 Å². The van der Waals surface area contributed by atoms with Gasteiger partial charge >= 0.3 is 6.09 Å². The van der Waals surface area contributed by atoms with E-state index < -0.39 is 0 Å². The van der Waals surface area contributed by atoms with E-state index in [1.807, 2.05) is 30.0 Å². The summed E-state index contributed by atoms with van der Waals surface area (Å²) in [6.07, 6.45) is 3.72. The fourth-order valence-corrected chi connectivity index (χ4v) is 4.01. The Morgan fingerprint density at radius 2 is 2.09 bits per heavy atom. The van der Waals surface area contributed by atoms with E-state index in [4.69, 9.17) is 22.1 Å². The molecule has 1 atom stereocenters. The summed E-state index contributed by atoms with van der Waals surface area (Å²) in [5.74, 6) is 0. The molecule has 3 rings (SSSR count). The second-order valence-corrected chi connectivity index (χ2v) is 7.01. The fourth-order valence-electron chi connectivity index (χ4n) is 3.82. The Labute approximate surface area is 148 Å². The van der Waals surface area contributed by atoms with E-state index in [0.717, 1.165) is 30.7 Å². The minimum atomic E-state index is -0.166. The number of nitrogens with two attached hydrogens (primary N) is 1. The summed E-state index contributed by atoms with van der Waals surface area (Å²) in [6.45, 7) is 3.26. The van der Waals surface area contributed by atoms with Gasteiger partial charge in [0.05, 0.1) is 6.54 Å². The summed E-state index contributed by atoms with van der Waals surface area (Å²) in [5.41, 5.74) is 7.32. The van der Waals surface area contributed by atoms with Crippen molar-refractivity contribution in [1.82, 2.24) is 4.90 Å². The summed E-state index contributed by atoms with van der Waals surface area (Å²) < 4.78 is 5.25. The largest absolute Gasteiger partial charge is 0.444 e. The minimum Gasteiger partial charge on any atom is -0.444 e. The first kappa shape index (κ1) is 18.4. The predicted octanol–water partition coefficient (Wildman–Crippen LogP) is 3.74. The summed E-state index contributed by atoms with van der Waals surface area (Å²) in [4.78, 5) is 13.8. The van der Waals surface area contributed by atoms with Crippen molar-refractivity contribution in [2.75, 3.05) is 13.1 Å². The number of rotatable bonds is 3. The molecule has 1 aromatic rings. The van der Waals surface area contributed by atoms with Gasteiger partial charge in [0, 0.05) is 23.0 Å². The van der Waals surface area contributed by atoms with Crippen molar-refractivity contribution in [3.63, 3.8) is 0 Å². The maximum atomic E-state index is 11.9. The van der Waals surface area contributed by atoms with Gasteiger partial charge < -0.3 is 15.4 Å². The van der Waals surface area contributed by atoms with Crippen LogP contribution in [-0.2, 0) is 10.2 Å². The third kappa shape index (κ3) is 3.59. The van der Waals surface area contributed by atoms with Gasteiger partial charge in [-0.2, -0.15) is 0 Å². The van der Waals surface area contributed by atoms with E-state index in [2.05, 4.69) is 6.07 Å². The lowest BCUT2D eigenvalue weighted by Crippen LogP contribution is -2.46. The lowest BCUT2D eigenvalue weighted by molar-refractivity contribution is 0.120. The summed E-state index contributed by atoms with van der Waals surface area (Å²) in [6, 6.07) is 8.30. The first-order valence-electron chi connectivity index (χ1n) is 7.97. The molecule has 0 bridgehead atoms. The molecule has 1 amide bonds. The molecule has 23 heavy (non-hydrogen) atoms. The Morgan fingerprint density at radius 1 is 1.39 bits per heavy atom. The molecule has 4 nitrogen and oxygen atoms in total. The Morgan fingerprint density at radius 3 is 2.61 bits per heavy atom. The number of amides is 1. The number of nitrogens with zero attached hydrogens (tertiary/aromatic N) is 1. The van der Waals surface area contributed by atoms with Crippen molar-refractivity contribution in [3.8, 4) is 0 Å². The third-order valence-corrected chi connectivity index (χ3v) is 5.41. The van der Waals surface area contributed by atoms with Gasteiger partial charge in [0.1, 0.15) is 6.10 Å². The van der Waals surface area contributed by atoms with Crippen LogP contribution in [0.15, 0.2) is 24.3 Å². The smallest absolute Gasteiger partial charge is 0.410 e. The molecule has 1 aliphatic heterocycles. The van der Waals surface area contributed by atoms with Gasteiger partial charge in [-0.3, -0.25) is 0 Å². The molecule has 1 aliphatic carbocycles. The van der Waals surface area contributed by atoms with Gasteiger partial charge in [0.2, 0.25) is 0 Å². The highest BCUT2D eigenvalue weighted by Crippen LogP contribution is 2.41. The molecule has 0 aromatic heterocycles. The standard InChI is InChI=1S/C17H23ClN2O2.ClH/c1-12-10-20(16(21)22-12)15-5-7-17(11-19,8-6-15)13-3-2-4-14(18)9-13;/h2-4,9,12,15H,5-8,10-11,19H2,1H3;1H/t12-,15?,17?;/m1./s1. The van der Waals surface area contributed by atoms with E-state index >= 15 is 0 Å². The molecular weight excluding hydrogens is 335 g/mol. The molecule has 1 aromatic carbocycles. The highest BCUT2D eigenvalue weighted by Gasteiger charge is 2.41. The number of carbonyl (C=O) groups is 1. The lowest BCUT2D eigenvalue weighted by atomic mass is 9.68. The summed E-state index contributed by atoms with van der Waals surface area (Å²) in [7, 11) is 0. The predicted molar refractivity (Wildman–Crippen MR) is 94.3 cm³/mol. The molecular formula is C17H24Cl2N2O2. The number of halogens is 2. The van der Waals surface area contributed by atoms with Crippen LogP contribution in [0.5, 0.6) is 0 Å². The van der Waals surface area contributed by atoms with Crippen LogP contribution < -0.4 is 5.73 Å². The van der Waals surface area contributed by atoms with E-state index in [-0.39, 0.29) is 36.1 Å². The number of cyclic esters (lactones) is 1. The Hall–Kier alpha value is -0.970. The second kappa shape index (κ2) is 7.29. The molecule has 128 valence electrons. The zero-order valence-electron chi connectivity index (χ0n) is 13.3. The Kier molecular flexibility index (Phi) is 5.82. The topological polar surface area (TPSA) is 55.6 Å². The molecule has 6 heteroatoms. The second-order valence-electron chi connectivity index (χ2n) is 6.57. The number of ether oxygens (including phenoxy) is 1. The van der Waals surface area contributed by atoms with Crippen LogP contribution in [0.4, 0.5) is 4.79 Å². The van der Waals surface area contributed by atoms with Crippen LogP contribution in [0.1, 0.15) is 38.2 Å². The summed E-state index contributed by atoms with van der Waals surface area (Å²) >= 11 is 6.14. The highest BCUT2D eigenvalue weighted by molar-refractivity contribution is 6.30. The van der Waals surface area contributed by atoms with Gasteiger partial charge in [-0.1, -0.05) is 23.7 Å². The molecule has 0 spiro atoms. The molecule has 0 radical (unpaired) electrons. The minimum absolute atomic E-state index is 0. The quantitative estimate of drug-likeness (QED) is 0.895. The SMILES string of the molecule is C[C@@H]1CN(C2CCC(CN)(c3cccc(Cl)c3)CC2)C(=O)O1.Cl. The molecule has 2 N–H and O–H groups in total. The first-order chi connectivity index (χ1) is 10.5. The van der Waals surface area contributed by atoms with Gasteiger partial charge in [0.15, 0.2) is 0 Å². The average molecular weight is 359 g/mol. The van der Waals surface area contributed by atoms with Crippen LogP contribution >= 0.6 is 24.0 Å². The van der Waals surface area contributed by atoms with Gasteiger partial charge in [-0.15, -0.1) is 12.4 Å². The Bertz CT molecular complexity index is 559. The van der Waals surface area contributed by atoms with E-state index in [9.17, 15) is 4.79 Å². The number of hydrogen-bond acceptors (Lipinski definition) is 3. The van der Waals surface area contributed by atoms with Crippen molar-refractivity contribution >= 4 is 30.1 Å². The molecule has 1 saturated carbocycles. The number of carbonyl (C=O) groups excluding carboxylic acids is 1. The average Bonchev–Trinajstić information content (AvgIpc) is 2.86. The van der Waals surface area contributed by atoms with E-state index in [1.165, 1.54) is 5.56 Å². The monoisotopic (exact) mass is 358 g/mol. The maximum Gasteiger partial charge on any atom is 0.410 e. The van der Waals surface area contributed by atoms with E-state index in [0.29, 0.717) is 13.1 Å². The maximum absolute atomic E-state index is 11.9. The van der Waals surface area contributed by atoms with Crippen LogP contribution in [0.25, 0.3) is 0 Å². The van der Waals surface area contributed by atoms with Gasteiger partial charge in [0.25, 0.3) is 0 Å². The first-order valence-corrected chi connectivity index (χ1v) is 8.35. The Balaban J connectivity index is 0.00000192.